The fraction of sp³-hybridized carbons (Fsp3) is 0.471. The van der Waals surface area contributed by atoms with Crippen molar-refractivity contribution in [1.29, 1.82) is 0 Å². The summed E-state index contributed by atoms with van der Waals surface area (Å²) in [5.41, 5.74) is 22.7. The van der Waals surface area contributed by atoms with E-state index in [0.29, 0.717) is 45.2 Å². The van der Waals surface area contributed by atoms with Crippen molar-refractivity contribution in [1.82, 2.24) is 20.9 Å². The number of nitrogens with one attached hydrogen (secondary N) is 3. The third kappa shape index (κ3) is 11.0. The predicted molar refractivity (Wildman–Crippen MR) is 184 cm³/mol. The molecule has 2 aromatic carbocycles. The summed E-state index contributed by atoms with van der Waals surface area (Å²) < 4.78 is 0. The normalized spacial score (nSPS) is 15.8. The summed E-state index contributed by atoms with van der Waals surface area (Å²) in [7, 11) is 0. The van der Waals surface area contributed by atoms with Crippen molar-refractivity contribution in [2.45, 2.75) is 82.0 Å². The van der Waals surface area contributed by atoms with E-state index in [1.165, 1.54) is 0 Å². The molecule has 1 heterocycles. The van der Waals surface area contributed by atoms with Gasteiger partial charge in [-0.05, 0) is 67.8 Å². The number of aliphatic imine (C=N–C) groups is 1. The van der Waals surface area contributed by atoms with Gasteiger partial charge in [-0.1, -0.05) is 42.5 Å². The number of guanidine groups is 1. The molecule has 0 aromatic heterocycles. The first-order chi connectivity index (χ1) is 23.0. The van der Waals surface area contributed by atoms with Crippen LogP contribution in [0.3, 0.4) is 0 Å². The van der Waals surface area contributed by atoms with Gasteiger partial charge in [-0.15, -0.1) is 12.3 Å². The monoisotopic (exact) mass is 661 g/mol. The van der Waals surface area contributed by atoms with E-state index in [2.05, 4.69) is 26.9 Å². The molecule has 258 valence electrons. The van der Waals surface area contributed by atoms with Gasteiger partial charge in [0.1, 0.15) is 24.2 Å². The van der Waals surface area contributed by atoms with Gasteiger partial charge < -0.3 is 43.8 Å². The highest BCUT2D eigenvalue weighted by Gasteiger charge is 2.36. The topological polar surface area (TPSA) is 241 Å². The molecule has 0 radical (unpaired) electrons. The standard InChI is InChI=1S/C34H47N9O5/c1-2-10-25(30(36)45)40-31(46)27(16-8-19-39-34(37)38)41-32(47)26(15-5-6-18-35)42-33(48)28-17-9-20-43(28)29(44)21-23-13-7-12-22-11-3-4-14-24(22)23/h1,3-4,7,11-14,25-28H,5-6,8-10,15-21,35H2,(H2,36,45)(H,40,46)(H,41,47)(H,42,48)(H4,37,38,39). The second kappa shape index (κ2) is 18.9. The summed E-state index contributed by atoms with van der Waals surface area (Å²) in [6, 6.07) is 9.57. The van der Waals surface area contributed by atoms with E-state index in [9.17, 15) is 24.0 Å². The second-order valence-corrected chi connectivity index (χ2v) is 11.8. The van der Waals surface area contributed by atoms with Crippen LogP contribution in [0.1, 0.15) is 56.9 Å². The summed E-state index contributed by atoms with van der Waals surface area (Å²) in [5.74, 6) is -0.579. The van der Waals surface area contributed by atoms with Gasteiger partial charge in [0.15, 0.2) is 5.96 Å². The Morgan fingerprint density at radius 3 is 2.25 bits per heavy atom. The summed E-state index contributed by atoms with van der Waals surface area (Å²) in [6.07, 6.45) is 8.20. The van der Waals surface area contributed by atoms with Crippen molar-refractivity contribution in [3.05, 3.63) is 48.0 Å². The van der Waals surface area contributed by atoms with E-state index in [-0.39, 0.29) is 44.1 Å². The van der Waals surface area contributed by atoms with Gasteiger partial charge >= 0.3 is 0 Å². The number of primary amides is 1. The van der Waals surface area contributed by atoms with Gasteiger partial charge in [0.2, 0.25) is 29.5 Å². The molecule has 5 amide bonds. The first kappa shape index (κ1) is 37.3. The minimum atomic E-state index is -1.14. The highest BCUT2D eigenvalue weighted by atomic mass is 16.2. The zero-order valence-corrected chi connectivity index (χ0v) is 27.2. The second-order valence-electron chi connectivity index (χ2n) is 11.8. The number of terminal acetylenes is 1. The molecule has 0 aliphatic carbocycles. The Labute approximate surface area is 280 Å². The van der Waals surface area contributed by atoms with E-state index < -0.39 is 47.8 Å². The molecule has 4 unspecified atom stereocenters. The molecule has 1 aliphatic rings. The predicted octanol–water partition coefficient (Wildman–Crippen LogP) is -0.481. The van der Waals surface area contributed by atoms with Crippen molar-refractivity contribution in [3.63, 3.8) is 0 Å². The number of nitrogens with zero attached hydrogens (tertiary/aromatic N) is 2. The average Bonchev–Trinajstić information content (AvgIpc) is 3.56. The molecular weight excluding hydrogens is 614 g/mol. The fourth-order valence-electron chi connectivity index (χ4n) is 5.74. The van der Waals surface area contributed by atoms with E-state index >= 15 is 0 Å². The zero-order valence-electron chi connectivity index (χ0n) is 27.2. The lowest BCUT2D eigenvalue weighted by Gasteiger charge is -2.28. The minimum Gasteiger partial charge on any atom is -0.370 e. The van der Waals surface area contributed by atoms with Crippen LogP contribution >= 0.6 is 0 Å². The first-order valence-electron chi connectivity index (χ1n) is 16.2. The van der Waals surface area contributed by atoms with Crippen LogP contribution in [-0.2, 0) is 30.4 Å². The Morgan fingerprint density at radius 2 is 1.56 bits per heavy atom. The Hall–Kier alpha value is -5.16. The molecule has 4 atom stereocenters. The Bertz CT molecular complexity index is 1510. The summed E-state index contributed by atoms with van der Waals surface area (Å²) in [5, 5.41) is 10.0. The number of unbranched alkanes of at least 4 members (excludes halogenated alkanes) is 1. The summed E-state index contributed by atoms with van der Waals surface area (Å²) in [6.45, 7) is 0.996. The van der Waals surface area contributed by atoms with Crippen molar-refractivity contribution in [2.75, 3.05) is 19.6 Å². The van der Waals surface area contributed by atoms with Crippen LogP contribution in [0.2, 0.25) is 0 Å². The van der Waals surface area contributed by atoms with Crippen molar-refractivity contribution < 1.29 is 24.0 Å². The van der Waals surface area contributed by atoms with Gasteiger partial charge in [-0.2, -0.15) is 0 Å². The number of rotatable bonds is 18. The van der Waals surface area contributed by atoms with E-state index in [4.69, 9.17) is 29.4 Å². The van der Waals surface area contributed by atoms with E-state index in [1.54, 1.807) is 4.90 Å². The number of hydrogen-bond acceptors (Lipinski definition) is 7. The van der Waals surface area contributed by atoms with Crippen LogP contribution in [0.15, 0.2) is 47.5 Å². The molecular formula is C34H47N9O5. The number of nitrogens with two attached hydrogens (primary N) is 4. The van der Waals surface area contributed by atoms with Crippen molar-refractivity contribution in [2.24, 2.45) is 27.9 Å². The highest BCUT2D eigenvalue weighted by Crippen LogP contribution is 2.23. The Balaban J connectivity index is 1.75. The summed E-state index contributed by atoms with van der Waals surface area (Å²) >= 11 is 0. The molecule has 3 rings (SSSR count). The van der Waals surface area contributed by atoms with Crippen LogP contribution in [0.4, 0.5) is 0 Å². The maximum absolute atomic E-state index is 13.7. The van der Waals surface area contributed by atoms with Crippen LogP contribution in [0.5, 0.6) is 0 Å². The van der Waals surface area contributed by atoms with Crippen molar-refractivity contribution >= 4 is 46.3 Å². The number of amides is 5. The lowest BCUT2D eigenvalue weighted by molar-refractivity contribution is -0.139. The average molecular weight is 662 g/mol. The number of likely N-dealkylation sites (tertiary alicyclic amines) is 1. The largest absolute Gasteiger partial charge is 0.370 e. The Morgan fingerprint density at radius 1 is 0.896 bits per heavy atom. The van der Waals surface area contributed by atoms with Gasteiger partial charge in [-0.25, -0.2) is 0 Å². The molecule has 0 bridgehead atoms. The molecule has 0 saturated carbocycles. The highest BCUT2D eigenvalue weighted by molar-refractivity contribution is 5.96. The molecule has 48 heavy (non-hydrogen) atoms. The lowest BCUT2D eigenvalue weighted by atomic mass is 10.0. The molecule has 1 fully saturated rings. The molecule has 14 heteroatoms. The number of benzene rings is 2. The third-order valence-electron chi connectivity index (χ3n) is 8.24. The minimum absolute atomic E-state index is 0.110. The molecule has 0 spiro atoms. The quantitative estimate of drug-likeness (QED) is 0.0475. The molecule has 2 aromatic rings. The first-order valence-corrected chi connectivity index (χ1v) is 16.2. The SMILES string of the molecule is C#CCC(NC(=O)C(CCCN=C(N)N)NC(=O)C(CCCCN)NC(=O)C1CCCN1C(=O)Cc1cccc2ccccc12)C(N)=O. The van der Waals surface area contributed by atoms with E-state index in [1.807, 2.05) is 42.5 Å². The zero-order chi connectivity index (χ0) is 35.1. The van der Waals surface area contributed by atoms with Crippen molar-refractivity contribution in [3.8, 4) is 12.3 Å². The summed E-state index contributed by atoms with van der Waals surface area (Å²) in [4.78, 5) is 71.4. The lowest BCUT2D eigenvalue weighted by Crippen LogP contribution is -2.57. The molecule has 14 nitrogen and oxygen atoms in total. The Kier molecular flexibility index (Phi) is 14.7. The number of hydrogen-bond donors (Lipinski definition) is 7. The van der Waals surface area contributed by atoms with Crippen LogP contribution < -0.4 is 38.9 Å². The molecule has 11 N–H and O–H groups in total. The molecule has 1 saturated heterocycles. The third-order valence-corrected chi connectivity index (χ3v) is 8.24. The van der Waals surface area contributed by atoms with Gasteiger partial charge in [0, 0.05) is 19.5 Å². The van der Waals surface area contributed by atoms with Gasteiger partial charge in [-0.3, -0.25) is 29.0 Å². The van der Waals surface area contributed by atoms with Crippen LogP contribution in [-0.4, -0.2) is 84.2 Å². The number of fused-ring (bicyclic) bond motifs is 1. The number of carbonyl (C=O) groups is 5. The smallest absolute Gasteiger partial charge is 0.243 e. The van der Waals surface area contributed by atoms with Crippen LogP contribution in [0, 0.1) is 12.3 Å². The molecule has 1 aliphatic heterocycles. The maximum Gasteiger partial charge on any atom is 0.243 e. The fourth-order valence-corrected chi connectivity index (χ4v) is 5.74. The van der Waals surface area contributed by atoms with Gasteiger partial charge in [0.25, 0.3) is 0 Å². The van der Waals surface area contributed by atoms with Gasteiger partial charge in [0.05, 0.1) is 6.42 Å². The van der Waals surface area contributed by atoms with Crippen LogP contribution in [0.25, 0.3) is 10.8 Å². The maximum atomic E-state index is 13.7. The van der Waals surface area contributed by atoms with E-state index in [0.717, 1.165) is 16.3 Å². The number of carbonyl (C=O) groups excluding carboxylic acids is 5.